The number of aliphatic imine (C=N–C) groups is 1. The van der Waals surface area contributed by atoms with Crippen molar-refractivity contribution < 1.29 is 14.6 Å². The number of H-pyrrole nitrogens is 1. The maximum Gasteiger partial charge on any atom is 0.199 e. The van der Waals surface area contributed by atoms with Crippen LogP contribution in [0.4, 0.5) is 5.69 Å². The summed E-state index contributed by atoms with van der Waals surface area (Å²) in [5.74, 6) is 1.31. The highest BCUT2D eigenvalue weighted by Crippen LogP contribution is 2.38. The van der Waals surface area contributed by atoms with Crippen LogP contribution in [0.1, 0.15) is 36.1 Å². The molecule has 0 aliphatic heterocycles. The zero-order chi connectivity index (χ0) is 27.0. The van der Waals surface area contributed by atoms with Crippen molar-refractivity contribution in [2.75, 3.05) is 13.2 Å². The Bertz CT molecular complexity index is 1540. The van der Waals surface area contributed by atoms with Crippen LogP contribution in [0, 0.1) is 0 Å². The third-order valence-electron chi connectivity index (χ3n) is 6.41. The maximum atomic E-state index is 11.1. The van der Waals surface area contributed by atoms with Crippen molar-refractivity contribution in [1.29, 1.82) is 0 Å². The Morgan fingerprint density at radius 2 is 1.36 bits per heavy atom. The summed E-state index contributed by atoms with van der Waals surface area (Å²) in [6, 6.07) is 32.2. The third kappa shape index (κ3) is 6.13. The quantitative estimate of drug-likeness (QED) is 0.162. The Balaban J connectivity index is 1.49. The van der Waals surface area contributed by atoms with Crippen LogP contribution in [0.15, 0.2) is 102 Å². The minimum atomic E-state index is 0.0467. The molecule has 0 fully saturated rings. The number of aromatic nitrogens is 1. The molecule has 0 amide bonds. The number of aromatic amines is 1. The van der Waals surface area contributed by atoms with Crippen LogP contribution in [-0.4, -0.2) is 29.0 Å². The van der Waals surface area contributed by atoms with Gasteiger partial charge in [0.15, 0.2) is 17.4 Å². The fourth-order valence-corrected chi connectivity index (χ4v) is 4.59. The summed E-state index contributed by atoms with van der Waals surface area (Å²) in [7, 11) is 0. The highest BCUT2D eigenvalue weighted by atomic mass is 16.5. The number of benzene rings is 4. The summed E-state index contributed by atoms with van der Waals surface area (Å²) >= 11 is 0. The summed E-state index contributed by atoms with van der Waals surface area (Å²) in [4.78, 5) is 8.14. The predicted molar refractivity (Wildman–Crippen MR) is 157 cm³/mol. The average Bonchev–Trinajstić information content (AvgIpc) is 3.28. The van der Waals surface area contributed by atoms with Crippen molar-refractivity contribution in [3.05, 3.63) is 119 Å². The Morgan fingerprint density at radius 1 is 0.769 bits per heavy atom. The molecule has 0 saturated heterocycles. The number of rotatable bonds is 11. The molecule has 5 aromatic rings. The predicted octanol–water partition coefficient (Wildman–Crippen LogP) is 7.13. The van der Waals surface area contributed by atoms with Crippen molar-refractivity contribution in [3.8, 4) is 17.4 Å². The van der Waals surface area contributed by atoms with Gasteiger partial charge in [0.2, 0.25) is 0 Å². The van der Waals surface area contributed by atoms with Gasteiger partial charge in [0.05, 0.1) is 35.7 Å². The first-order valence-electron chi connectivity index (χ1n) is 13.3. The lowest BCUT2D eigenvalue weighted by molar-refractivity contribution is 0.288. The zero-order valence-corrected chi connectivity index (χ0v) is 22.3. The molecule has 0 unspecified atom stereocenters. The molecule has 3 N–H and O–H groups in total. The molecule has 0 bridgehead atoms. The molecule has 0 atom stereocenters. The number of fused-ring (bicyclic) bond motifs is 1. The molecule has 0 radical (unpaired) electrons. The van der Waals surface area contributed by atoms with Crippen LogP contribution in [-0.2, 0) is 13.1 Å². The summed E-state index contributed by atoms with van der Waals surface area (Å²) < 4.78 is 11.7. The lowest BCUT2D eigenvalue weighted by Crippen LogP contribution is -2.12. The van der Waals surface area contributed by atoms with E-state index in [1.807, 2.05) is 74.5 Å². The SMILES string of the molecule is CCOc1cc2[nH]c(O)c(C(=Nc3ccc(CNCc4ccccc4)cc3)c3ccccc3)c2cc1OCC. The van der Waals surface area contributed by atoms with Crippen LogP contribution in [0.2, 0.25) is 0 Å². The highest BCUT2D eigenvalue weighted by Gasteiger charge is 2.21. The lowest BCUT2D eigenvalue weighted by atomic mass is 10.0. The van der Waals surface area contributed by atoms with Gasteiger partial charge in [-0.25, -0.2) is 4.99 Å². The molecule has 0 aliphatic carbocycles. The van der Waals surface area contributed by atoms with E-state index in [1.165, 1.54) is 11.1 Å². The van der Waals surface area contributed by atoms with Crippen LogP contribution >= 0.6 is 0 Å². The number of hydrogen-bond donors (Lipinski definition) is 3. The Labute approximate surface area is 229 Å². The van der Waals surface area contributed by atoms with Gasteiger partial charge in [-0.05, 0) is 43.2 Å². The molecule has 0 spiro atoms. The molecule has 4 aromatic carbocycles. The molecule has 1 aromatic heterocycles. The van der Waals surface area contributed by atoms with E-state index in [2.05, 4.69) is 46.7 Å². The molecule has 6 heteroatoms. The number of ether oxygens (including phenoxy) is 2. The second-order valence-electron chi connectivity index (χ2n) is 9.14. The van der Waals surface area contributed by atoms with E-state index in [-0.39, 0.29) is 5.88 Å². The second-order valence-corrected chi connectivity index (χ2v) is 9.14. The van der Waals surface area contributed by atoms with Crippen molar-refractivity contribution in [1.82, 2.24) is 10.3 Å². The summed E-state index contributed by atoms with van der Waals surface area (Å²) in [5, 5.41) is 15.4. The topological polar surface area (TPSA) is 78.9 Å². The van der Waals surface area contributed by atoms with Crippen molar-refractivity contribution in [2.24, 2.45) is 4.99 Å². The second kappa shape index (κ2) is 12.3. The first kappa shape index (κ1) is 26.1. The maximum absolute atomic E-state index is 11.1. The van der Waals surface area contributed by atoms with Gasteiger partial charge < -0.3 is 24.9 Å². The van der Waals surface area contributed by atoms with Crippen molar-refractivity contribution >= 4 is 22.3 Å². The molecule has 1 heterocycles. The van der Waals surface area contributed by atoms with Crippen LogP contribution in [0.3, 0.4) is 0 Å². The summed E-state index contributed by atoms with van der Waals surface area (Å²) in [6.45, 7) is 6.46. The van der Waals surface area contributed by atoms with E-state index in [1.54, 1.807) is 0 Å². The molecule has 5 rings (SSSR count). The van der Waals surface area contributed by atoms with Gasteiger partial charge in [-0.2, -0.15) is 0 Å². The minimum Gasteiger partial charge on any atom is -0.494 e. The first-order valence-corrected chi connectivity index (χ1v) is 13.3. The third-order valence-corrected chi connectivity index (χ3v) is 6.41. The largest absolute Gasteiger partial charge is 0.494 e. The highest BCUT2D eigenvalue weighted by molar-refractivity contribution is 6.22. The van der Waals surface area contributed by atoms with E-state index in [0.29, 0.717) is 36.0 Å². The van der Waals surface area contributed by atoms with Crippen LogP contribution < -0.4 is 14.8 Å². The monoisotopic (exact) mass is 519 g/mol. The Hall–Kier alpha value is -4.55. The van der Waals surface area contributed by atoms with Crippen LogP contribution in [0.5, 0.6) is 17.4 Å². The van der Waals surface area contributed by atoms with E-state index in [9.17, 15) is 5.11 Å². The molecular formula is C33H33N3O3. The van der Waals surface area contributed by atoms with E-state index in [4.69, 9.17) is 14.5 Å². The molecular weight excluding hydrogens is 486 g/mol. The molecule has 6 nitrogen and oxygen atoms in total. The standard InChI is InChI=1S/C33H33N3O3/c1-3-38-29-19-27-28(20-30(29)39-4-2)36-33(37)31(27)32(25-13-9-6-10-14-25)35-26-17-15-24(16-18-26)22-34-21-23-11-7-5-8-12-23/h5-20,34,36-37H,3-4,21-22H2,1-2H3. The first-order chi connectivity index (χ1) is 19.2. The fraction of sp³-hybridized carbons (Fsp3) is 0.182. The minimum absolute atomic E-state index is 0.0467. The molecule has 39 heavy (non-hydrogen) atoms. The molecule has 198 valence electrons. The normalized spacial score (nSPS) is 11.6. The van der Waals surface area contributed by atoms with Gasteiger partial charge in [-0.1, -0.05) is 72.8 Å². The van der Waals surface area contributed by atoms with Gasteiger partial charge in [0.25, 0.3) is 0 Å². The molecule has 0 saturated carbocycles. The lowest BCUT2D eigenvalue weighted by Gasteiger charge is -2.12. The number of nitrogens with zero attached hydrogens (tertiary/aromatic N) is 1. The van der Waals surface area contributed by atoms with E-state index >= 15 is 0 Å². The van der Waals surface area contributed by atoms with Gasteiger partial charge >= 0.3 is 0 Å². The summed E-state index contributed by atoms with van der Waals surface area (Å²) in [5.41, 5.74) is 6.16. The van der Waals surface area contributed by atoms with Crippen LogP contribution in [0.25, 0.3) is 10.9 Å². The van der Waals surface area contributed by atoms with Crippen molar-refractivity contribution in [2.45, 2.75) is 26.9 Å². The number of hydrogen-bond acceptors (Lipinski definition) is 5. The van der Waals surface area contributed by atoms with Crippen molar-refractivity contribution in [3.63, 3.8) is 0 Å². The van der Waals surface area contributed by atoms with Gasteiger partial charge in [-0.3, -0.25) is 0 Å². The van der Waals surface area contributed by atoms with E-state index < -0.39 is 0 Å². The summed E-state index contributed by atoms with van der Waals surface area (Å²) in [6.07, 6.45) is 0. The van der Waals surface area contributed by atoms with Gasteiger partial charge in [-0.15, -0.1) is 0 Å². The number of nitrogens with one attached hydrogen (secondary N) is 2. The molecule has 0 aliphatic rings. The Kier molecular flexibility index (Phi) is 8.24. The van der Waals surface area contributed by atoms with E-state index in [0.717, 1.165) is 35.2 Å². The Morgan fingerprint density at radius 3 is 2.00 bits per heavy atom. The zero-order valence-electron chi connectivity index (χ0n) is 22.3. The van der Waals surface area contributed by atoms with Gasteiger partial charge in [0, 0.05) is 30.1 Å². The fourth-order valence-electron chi connectivity index (χ4n) is 4.59. The average molecular weight is 520 g/mol. The number of aromatic hydroxyl groups is 1. The van der Waals surface area contributed by atoms with Gasteiger partial charge in [0.1, 0.15) is 0 Å². The smallest absolute Gasteiger partial charge is 0.199 e.